The summed E-state index contributed by atoms with van der Waals surface area (Å²) in [5, 5.41) is 6.90. The van der Waals surface area contributed by atoms with Gasteiger partial charge in [0.05, 0.1) is 11.7 Å². The Morgan fingerprint density at radius 3 is 2.30 bits per heavy atom. The molecule has 20 heavy (non-hydrogen) atoms. The molecule has 0 amide bonds. The number of benzene rings is 2. The highest BCUT2D eigenvalue weighted by atomic mass is 15.5. The highest BCUT2D eigenvalue weighted by Crippen LogP contribution is 2.35. The number of hydrogen-bond donors (Lipinski definition) is 1. The molecule has 1 unspecified atom stereocenters. The lowest BCUT2D eigenvalue weighted by atomic mass is 10.0. The quantitative estimate of drug-likeness (QED) is 0.921. The van der Waals surface area contributed by atoms with Crippen LogP contribution in [0.4, 0.5) is 5.69 Å². The molecule has 3 nitrogen and oxygen atoms in total. The van der Waals surface area contributed by atoms with Crippen LogP contribution in [0, 0.1) is 0 Å². The Bertz CT molecular complexity index is 578. The van der Waals surface area contributed by atoms with Crippen LogP contribution in [-0.4, -0.2) is 12.3 Å². The third-order valence-corrected chi connectivity index (χ3v) is 3.61. The van der Waals surface area contributed by atoms with Gasteiger partial charge < -0.3 is 5.73 Å². The summed E-state index contributed by atoms with van der Waals surface area (Å²) in [5.41, 5.74) is 9.29. The molecule has 1 heterocycles. The van der Waals surface area contributed by atoms with E-state index in [0.717, 1.165) is 18.5 Å². The van der Waals surface area contributed by atoms with Crippen molar-refractivity contribution in [1.29, 1.82) is 0 Å². The number of rotatable bonds is 4. The Kier molecular flexibility index (Phi) is 3.79. The van der Waals surface area contributed by atoms with Crippen molar-refractivity contribution in [2.24, 2.45) is 10.8 Å². The van der Waals surface area contributed by atoms with E-state index in [1.54, 1.807) is 0 Å². The zero-order valence-corrected chi connectivity index (χ0v) is 11.4. The van der Waals surface area contributed by atoms with Crippen molar-refractivity contribution < 1.29 is 0 Å². The van der Waals surface area contributed by atoms with Crippen LogP contribution in [0.25, 0.3) is 0 Å². The summed E-state index contributed by atoms with van der Waals surface area (Å²) in [6.07, 6.45) is 1.82. The molecule has 102 valence electrons. The molecule has 2 aromatic rings. The van der Waals surface area contributed by atoms with E-state index in [1.807, 2.05) is 24.3 Å². The Labute approximate surface area is 119 Å². The summed E-state index contributed by atoms with van der Waals surface area (Å²) in [4.78, 5) is 0. The first-order valence-corrected chi connectivity index (χ1v) is 7.04. The van der Waals surface area contributed by atoms with Gasteiger partial charge in [-0.3, -0.25) is 5.01 Å². The minimum absolute atomic E-state index is 0.278. The van der Waals surface area contributed by atoms with Crippen LogP contribution in [0.1, 0.15) is 24.4 Å². The van der Waals surface area contributed by atoms with E-state index in [0.29, 0.717) is 6.54 Å². The molecule has 0 bridgehead atoms. The number of para-hydroxylation sites is 1. The Morgan fingerprint density at radius 1 is 1.00 bits per heavy atom. The normalized spacial score (nSPS) is 18.1. The summed E-state index contributed by atoms with van der Waals surface area (Å²) >= 11 is 0. The lowest BCUT2D eigenvalue weighted by molar-refractivity contribution is 0.708. The lowest BCUT2D eigenvalue weighted by Gasteiger charge is -2.23. The highest BCUT2D eigenvalue weighted by molar-refractivity contribution is 5.89. The molecule has 2 aromatic carbocycles. The molecule has 0 saturated heterocycles. The largest absolute Gasteiger partial charge is 0.330 e. The average molecular weight is 265 g/mol. The smallest absolute Gasteiger partial charge is 0.0828 e. The predicted molar refractivity (Wildman–Crippen MR) is 83.8 cm³/mol. The maximum Gasteiger partial charge on any atom is 0.0828 e. The topological polar surface area (TPSA) is 41.6 Å². The van der Waals surface area contributed by atoms with E-state index < -0.39 is 0 Å². The molecule has 1 aliphatic heterocycles. The summed E-state index contributed by atoms with van der Waals surface area (Å²) in [5.74, 6) is 0. The molecule has 3 rings (SSSR count). The fourth-order valence-electron chi connectivity index (χ4n) is 2.64. The van der Waals surface area contributed by atoms with Gasteiger partial charge in [-0.15, -0.1) is 0 Å². The molecule has 0 aliphatic carbocycles. The second-order valence-corrected chi connectivity index (χ2v) is 5.02. The standard InChI is InChI=1S/C17H19N3/c18-12-11-15-13-17(14-7-3-1-4-8-14)20(19-15)16-9-5-2-6-10-16/h1-10,17H,11-13,18H2. The summed E-state index contributed by atoms with van der Waals surface area (Å²) < 4.78 is 0. The summed E-state index contributed by atoms with van der Waals surface area (Å²) in [7, 11) is 0. The summed E-state index contributed by atoms with van der Waals surface area (Å²) in [6.45, 7) is 0.656. The number of hydrazone groups is 1. The first-order valence-electron chi connectivity index (χ1n) is 7.04. The SMILES string of the molecule is NCCC1=NN(c2ccccc2)C(c2ccccc2)C1. The number of hydrogen-bond acceptors (Lipinski definition) is 3. The van der Waals surface area contributed by atoms with Gasteiger partial charge >= 0.3 is 0 Å². The molecule has 1 atom stereocenters. The van der Waals surface area contributed by atoms with Gasteiger partial charge in [-0.25, -0.2) is 0 Å². The lowest BCUT2D eigenvalue weighted by Crippen LogP contribution is -2.18. The van der Waals surface area contributed by atoms with Gasteiger partial charge in [0.15, 0.2) is 0 Å². The second kappa shape index (κ2) is 5.88. The Morgan fingerprint density at radius 2 is 1.65 bits per heavy atom. The Hall–Kier alpha value is -2.13. The maximum atomic E-state index is 5.68. The average Bonchev–Trinajstić information content (AvgIpc) is 2.93. The molecular weight excluding hydrogens is 246 g/mol. The molecule has 0 radical (unpaired) electrons. The van der Waals surface area contributed by atoms with E-state index in [-0.39, 0.29) is 6.04 Å². The molecule has 1 aliphatic rings. The van der Waals surface area contributed by atoms with Gasteiger partial charge in [0.25, 0.3) is 0 Å². The van der Waals surface area contributed by atoms with Gasteiger partial charge in [0.1, 0.15) is 0 Å². The van der Waals surface area contributed by atoms with Crippen LogP contribution in [0.3, 0.4) is 0 Å². The minimum Gasteiger partial charge on any atom is -0.330 e. The van der Waals surface area contributed by atoms with Crippen molar-refractivity contribution in [3.63, 3.8) is 0 Å². The van der Waals surface area contributed by atoms with Crippen LogP contribution in [0.2, 0.25) is 0 Å². The van der Waals surface area contributed by atoms with Crippen LogP contribution in [0.5, 0.6) is 0 Å². The molecule has 0 fully saturated rings. The highest BCUT2D eigenvalue weighted by Gasteiger charge is 2.28. The fraction of sp³-hybridized carbons (Fsp3) is 0.235. The molecule has 2 N–H and O–H groups in total. The molecule has 3 heteroatoms. The minimum atomic E-state index is 0.278. The Balaban J connectivity index is 1.93. The zero-order valence-electron chi connectivity index (χ0n) is 11.4. The van der Waals surface area contributed by atoms with E-state index in [2.05, 4.69) is 41.4 Å². The van der Waals surface area contributed by atoms with Crippen molar-refractivity contribution in [3.05, 3.63) is 66.2 Å². The van der Waals surface area contributed by atoms with Crippen LogP contribution < -0.4 is 10.7 Å². The number of nitrogens with zero attached hydrogens (tertiary/aromatic N) is 2. The maximum absolute atomic E-state index is 5.68. The second-order valence-electron chi connectivity index (χ2n) is 5.02. The van der Waals surface area contributed by atoms with Gasteiger partial charge in [-0.2, -0.15) is 5.10 Å². The van der Waals surface area contributed by atoms with Crippen LogP contribution >= 0.6 is 0 Å². The first kappa shape index (κ1) is 12.9. The fourth-order valence-corrected chi connectivity index (χ4v) is 2.64. The van der Waals surface area contributed by atoms with E-state index in [9.17, 15) is 0 Å². The van der Waals surface area contributed by atoms with Crippen molar-refractivity contribution in [2.45, 2.75) is 18.9 Å². The predicted octanol–water partition coefficient (Wildman–Crippen LogP) is 3.34. The van der Waals surface area contributed by atoms with Crippen molar-refractivity contribution >= 4 is 11.4 Å². The van der Waals surface area contributed by atoms with Gasteiger partial charge in [0.2, 0.25) is 0 Å². The van der Waals surface area contributed by atoms with Gasteiger partial charge in [0, 0.05) is 12.1 Å². The van der Waals surface area contributed by atoms with Crippen molar-refractivity contribution in [1.82, 2.24) is 0 Å². The van der Waals surface area contributed by atoms with E-state index >= 15 is 0 Å². The van der Waals surface area contributed by atoms with E-state index in [1.165, 1.54) is 11.3 Å². The third-order valence-electron chi connectivity index (χ3n) is 3.61. The number of nitrogens with two attached hydrogens (primary N) is 1. The van der Waals surface area contributed by atoms with Crippen molar-refractivity contribution in [2.75, 3.05) is 11.6 Å². The van der Waals surface area contributed by atoms with Gasteiger partial charge in [-0.1, -0.05) is 48.5 Å². The van der Waals surface area contributed by atoms with E-state index in [4.69, 9.17) is 10.8 Å². The molecule has 0 aromatic heterocycles. The van der Waals surface area contributed by atoms with Crippen LogP contribution in [0.15, 0.2) is 65.8 Å². The van der Waals surface area contributed by atoms with Crippen LogP contribution in [-0.2, 0) is 0 Å². The molecule has 0 spiro atoms. The van der Waals surface area contributed by atoms with Crippen molar-refractivity contribution in [3.8, 4) is 0 Å². The molecule has 0 saturated carbocycles. The third kappa shape index (κ3) is 2.58. The monoisotopic (exact) mass is 265 g/mol. The zero-order chi connectivity index (χ0) is 13.8. The van der Waals surface area contributed by atoms with Gasteiger partial charge in [-0.05, 0) is 30.7 Å². The first-order chi connectivity index (χ1) is 9.88. The summed E-state index contributed by atoms with van der Waals surface area (Å²) in [6, 6.07) is 21.2. The number of anilines is 1. The molecular formula is C17H19N3.